The van der Waals surface area contributed by atoms with Gasteiger partial charge in [0.05, 0.1) is 6.21 Å². The monoisotopic (exact) mass is 289 g/mol. The van der Waals surface area contributed by atoms with Crippen molar-refractivity contribution in [2.24, 2.45) is 10.8 Å². The summed E-state index contributed by atoms with van der Waals surface area (Å²) in [5, 5.41) is 3.72. The molecule has 0 aliphatic carbocycles. The molecule has 3 nitrogen and oxygen atoms in total. The molecule has 15 heavy (non-hydrogen) atoms. The van der Waals surface area contributed by atoms with Crippen molar-refractivity contribution in [3.05, 3.63) is 33.5 Å². The van der Waals surface area contributed by atoms with Crippen molar-refractivity contribution in [2.75, 3.05) is 0 Å². The topological polar surface area (TPSA) is 50.4 Å². The zero-order valence-electron chi connectivity index (χ0n) is 7.92. The van der Waals surface area contributed by atoms with Crippen LogP contribution in [0.25, 0.3) is 0 Å². The molecule has 0 aromatic heterocycles. The molecule has 0 saturated heterocycles. The molecule has 1 aromatic carbocycles. The van der Waals surface area contributed by atoms with Crippen molar-refractivity contribution >= 4 is 39.5 Å². The summed E-state index contributed by atoms with van der Waals surface area (Å²) < 4.78 is 14.3. The van der Waals surface area contributed by atoms with Crippen LogP contribution in [0.4, 0.5) is 4.39 Å². The lowest BCUT2D eigenvalue weighted by Gasteiger charge is -2.02. The lowest BCUT2D eigenvalue weighted by molar-refractivity contribution is 0.615. The van der Waals surface area contributed by atoms with Crippen molar-refractivity contribution in [2.45, 2.75) is 6.92 Å². The highest BCUT2D eigenvalue weighted by molar-refractivity contribution is 9.10. The maximum atomic E-state index is 13.6. The van der Waals surface area contributed by atoms with Crippen LogP contribution in [-0.2, 0) is 0 Å². The number of rotatable bonds is 2. The molecular weight excluding hydrogens is 281 g/mol. The molecule has 0 fully saturated rings. The maximum absolute atomic E-state index is 13.6. The van der Waals surface area contributed by atoms with E-state index in [0.29, 0.717) is 11.1 Å². The Morgan fingerprint density at radius 2 is 2.33 bits per heavy atom. The summed E-state index contributed by atoms with van der Waals surface area (Å²) in [5.74, 6) is -0.321. The average molecular weight is 290 g/mol. The standard InChI is InChI=1S/C9H9BrFN3S/c1-5-7(10)3-2-6(8(5)11)4-13-14-9(12)15/h2-4H,1H3,(H3,12,14,15). The van der Waals surface area contributed by atoms with Gasteiger partial charge in [-0.15, -0.1) is 0 Å². The van der Waals surface area contributed by atoms with Gasteiger partial charge in [-0.2, -0.15) is 5.10 Å². The average Bonchev–Trinajstić information content (AvgIpc) is 2.18. The Morgan fingerprint density at radius 1 is 1.67 bits per heavy atom. The van der Waals surface area contributed by atoms with E-state index in [4.69, 9.17) is 5.73 Å². The van der Waals surface area contributed by atoms with Gasteiger partial charge in [-0.25, -0.2) is 4.39 Å². The van der Waals surface area contributed by atoms with E-state index < -0.39 is 0 Å². The Bertz CT molecular complexity index is 420. The van der Waals surface area contributed by atoms with Crippen LogP contribution in [0.15, 0.2) is 21.7 Å². The summed E-state index contributed by atoms with van der Waals surface area (Å²) in [6, 6.07) is 3.36. The van der Waals surface area contributed by atoms with Crippen LogP contribution in [0.1, 0.15) is 11.1 Å². The number of hydrogen-bond donors (Lipinski definition) is 2. The normalized spacial score (nSPS) is 10.6. The second-order valence-corrected chi connectivity index (χ2v) is 4.10. The molecule has 0 amide bonds. The summed E-state index contributed by atoms with van der Waals surface area (Å²) in [6.07, 6.45) is 1.33. The molecule has 3 N–H and O–H groups in total. The van der Waals surface area contributed by atoms with E-state index in [1.54, 1.807) is 19.1 Å². The van der Waals surface area contributed by atoms with Crippen LogP contribution in [0.3, 0.4) is 0 Å². The number of thiocarbonyl (C=S) groups is 1. The molecule has 0 aliphatic heterocycles. The van der Waals surface area contributed by atoms with E-state index in [9.17, 15) is 4.39 Å². The van der Waals surface area contributed by atoms with Crippen LogP contribution in [0, 0.1) is 12.7 Å². The fraction of sp³-hybridized carbons (Fsp3) is 0.111. The van der Waals surface area contributed by atoms with Gasteiger partial charge < -0.3 is 5.73 Å². The van der Waals surface area contributed by atoms with Gasteiger partial charge in [0.2, 0.25) is 0 Å². The van der Waals surface area contributed by atoms with Crippen LogP contribution < -0.4 is 11.2 Å². The fourth-order valence-electron chi connectivity index (χ4n) is 0.948. The number of nitrogens with zero attached hydrogens (tertiary/aromatic N) is 1. The number of hydrogen-bond acceptors (Lipinski definition) is 2. The molecule has 1 rings (SSSR count). The predicted molar refractivity (Wildman–Crippen MR) is 66.4 cm³/mol. The Kier molecular flexibility index (Phi) is 4.16. The van der Waals surface area contributed by atoms with Crippen LogP contribution >= 0.6 is 28.1 Å². The molecule has 0 aliphatic rings. The zero-order chi connectivity index (χ0) is 11.4. The quantitative estimate of drug-likeness (QED) is 0.498. The maximum Gasteiger partial charge on any atom is 0.184 e. The Labute approximate surface area is 101 Å². The highest BCUT2D eigenvalue weighted by Crippen LogP contribution is 2.20. The van der Waals surface area contributed by atoms with E-state index >= 15 is 0 Å². The molecule has 0 radical (unpaired) electrons. The van der Waals surface area contributed by atoms with Gasteiger partial charge >= 0.3 is 0 Å². The minimum Gasteiger partial charge on any atom is -0.375 e. The van der Waals surface area contributed by atoms with Crippen molar-refractivity contribution in [3.8, 4) is 0 Å². The smallest absolute Gasteiger partial charge is 0.184 e. The highest BCUT2D eigenvalue weighted by Gasteiger charge is 2.05. The van der Waals surface area contributed by atoms with Crippen LogP contribution in [0.2, 0.25) is 0 Å². The van der Waals surface area contributed by atoms with Gasteiger partial charge in [0.15, 0.2) is 5.11 Å². The molecule has 0 heterocycles. The second-order valence-electron chi connectivity index (χ2n) is 2.81. The van der Waals surface area contributed by atoms with Crippen LogP contribution in [-0.4, -0.2) is 11.3 Å². The number of nitrogens with two attached hydrogens (primary N) is 1. The minimum atomic E-state index is -0.321. The molecule has 1 aromatic rings. The Morgan fingerprint density at radius 3 is 2.93 bits per heavy atom. The summed E-state index contributed by atoms with van der Waals surface area (Å²) in [7, 11) is 0. The van der Waals surface area contributed by atoms with E-state index in [2.05, 4.69) is 38.7 Å². The van der Waals surface area contributed by atoms with E-state index in [1.165, 1.54) is 6.21 Å². The molecule has 0 atom stereocenters. The fourth-order valence-corrected chi connectivity index (χ4v) is 1.31. The van der Waals surface area contributed by atoms with Crippen molar-refractivity contribution in [1.29, 1.82) is 0 Å². The van der Waals surface area contributed by atoms with Gasteiger partial charge in [-0.05, 0) is 36.8 Å². The third kappa shape index (κ3) is 3.24. The first-order chi connectivity index (χ1) is 7.02. The van der Waals surface area contributed by atoms with Crippen molar-refractivity contribution in [3.63, 3.8) is 0 Å². The lowest BCUT2D eigenvalue weighted by atomic mass is 10.1. The number of halogens is 2. The minimum absolute atomic E-state index is 0.0421. The lowest BCUT2D eigenvalue weighted by Crippen LogP contribution is -2.24. The Hall–Kier alpha value is -1.01. The summed E-state index contributed by atoms with van der Waals surface area (Å²) >= 11 is 7.77. The molecular formula is C9H9BrFN3S. The number of nitrogens with one attached hydrogen (secondary N) is 1. The molecule has 80 valence electrons. The second kappa shape index (κ2) is 5.18. The first kappa shape index (κ1) is 12.1. The molecule has 0 spiro atoms. The Balaban J connectivity index is 2.92. The third-order valence-corrected chi connectivity index (χ3v) is 2.68. The molecule has 6 heteroatoms. The number of hydrazone groups is 1. The van der Waals surface area contributed by atoms with E-state index in [1.807, 2.05) is 0 Å². The van der Waals surface area contributed by atoms with Gasteiger partial charge in [0, 0.05) is 10.0 Å². The van der Waals surface area contributed by atoms with Crippen molar-refractivity contribution < 1.29 is 4.39 Å². The predicted octanol–water partition coefficient (Wildman–Crippen LogP) is 2.06. The van der Waals surface area contributed by atoms with E-state index in [-0.39, 0.29) is 10.9 Å². The third-order valence-electron chi connectivity index (χ3n) is 1.73. The zero-order valence-corrected chi connectivity index (χ0v) is 10.3. The van der Waals surface area contributed by atoms with Gasteiger partial charge in [0.25, 0.3) is 0 Å². The van der Waals surface area contributed by atoms with Crippen LogP contribution in [0.5, 0.6) is 0 Å². The molecule has 0 unspecified atom stereocenters. The summed E-state index contributed by atoms with van der Waals surface area (Å²) in [4.78, 5) is 0. The first-order valence-electron chi connectivity index (χ1n) is 4.05. The molecule has 0 bridgehead atoms. The first-order valence-corrected chi connectivity index (χ1v) is 5.25. The van der Waals surface area contributed by atoms with Gasteiger partial charge in [-0.3, -0.25) is 5.43 Å². The summed E-state index contributed by atoms with van der Waals surface area (Å²) in [5.41, 5.74) is 8.42. The number of benzene rings is 1. The van der Waals surface area contributed by atoms with Gasteiger partial charge in [0.1, 0.15) is 5.82 Å². The molecule has 0 saturated carbocycles. The van der Waals surface area contributed by atoms with Crippen molar-refractivity contribution in [1.82, 2.24) is 5.43 Å². The highest BCUT2D eigenvalue weighted by atomic mass is 79.9. The summed E-state index contributed by atoms with van der Waals surface area (Å²) in [6.45, 7) is 1.68. The SMILES string of the molecule is Cc1c(Br)ccc(C=NNC(N)=S)c1F. The van der Waals surface area contributed by atoms with E-state index in [0.717, 1.165) is 4.47 Å². The largest absolute Gasteiger partial charge is 0.375 e. The van der Waals surface area contributed by atoms with Gasteiger partial charge in [-0.1, -0.05) is 15.9 Å².